The molecule has 1 aliphatic carbocycles. The topological polar surface area (TPSA) is 72.4 Å². The summed E-state index contributed by atoms with van der Waals surface area (Å²) in [6.45, 7) is 4.34. The molecule has 0 aromatic carbocycles. The van der Waals surface area contributed by atoms with Gasteiger partial charge in [0.05, 0.1) is 12.2 Å². The van der Waals surface area contributed by atoms with E-state index in [9.17, 15) is 4.79 Å². The van der Waals surface area contributed by atoms with Gasteiger partial charge < -0.3 is 15.2 Å². The summed E-state index contributed by atoms with van der Waals surface area (Å²) in [5, 5.41) is 3.92. The lowest BCUT2D eigenvalue weighted by molar-refractivity contribution is -0.135. The van der Waals surface area contributed by atoms with Gasteiger partial charge in [-0.2, -0.15) is 0 Å². The van der Waals surface area contributed by atoms with Gasteiger partial charge in [0.25, 0.3) is 0 Å². The van der Waals surface area contributed by atoms with Gasteiger partial charge in [-0.05, 0) is 33.1 Å². The highest BCUT2D eigenvalue weighted by molar-refractivity contribution is 5.78. The van der Waals surface area contributed by atoms with E-state index in [0.717, 1.165) is 42.7 Å². The first kappa shape index (κ1) is 14.1. The molecule has 2 rings (SSSR count). The van der Waals surface area contributed by atoms with Crippen LogP contribution in [0.5, 0.6) is 0 Å². The lowest BCUT2D eigenvalue weighted by atomic mass is 9.85. The zero-order chi connectivity index (χ0) is 14.0. The molecule has 1 heterocycles. The van der Waals surface area contributed by atoms with Crippen molar-refractivity contribution in [3.8, 4) is 0 Å². The number of carbonyl (C=O) groups is 1. The lowest BCUT2D eigenvalue weighted by Gasteiger charge is -2.29. The summed E-state index contributed by atoms with van der Waals surface area (Å²) in [5.74, 6) is 1.06. The molecule has 19 heavy (non-hydrogen) atoms. The van der Waals surface area contributed by atoms with Gasteiger partial charge >= 0.3 is 0 Å². The summed E-state index contributed by atoms with van der Waals surface area (Å²) in [6.07, 6.45) is 3.86. The Balaban J connectivity index is 1.99. The second-order valence-electron chi connectivity index (χ2n) is 5.62. The van der Waals surface area contributed by atoms with Crippen molar-refractivity contribution in [2.45, 2.75) is 52.1 Å². The van der Waals surface area contributed by atoms with E-state index in [1.807, 2.05) is 20.9 Å². The lowest BCUT2D eigenvalue weighted by Crippen LogP contribution is -2.38. The summed E-state index contributed by atoms with van der Waals surface area (Å²) in [4.78, 5) is 14.2. The Morgan fingerprint density at radius 2 is 2.21 bits per heavy atom. The molecule has 1 saturated carbocycles. The summed E-state index contributed by atoms with van der Waals surface area (Å²) in [5.41, 5.74) is 7.82. The normalized spacial score (nSPS) is 23.4. The number of aryl methyl sites for hydroxylation is 2. The highest BCUT2D eigenvalue weighted by Crippen LogP contribution is 2.25. The van der Waals surface area contributed by atoms with Crippen LogP contribution in [0.3, 0.4) is 0 Å². The minimum absolute atomic E-state index is 0.0780. The Hall–Kier alpha value is -1.36. The van der Waals surface area contributed by atoms with Crippen molar-refractivity contribution in [2.24, 2.45) is 11.7 Å². The molecular formula is C14H23N3O2. The van der Waals surface area contributed by atoms with E-state index in [1.165, 1.54) is 0 Å². The van der Waals surface area contributed by atoms with E-state index in [1.54, 1.807) is 4.90 Å². The molecule has 0 radical (unpaired) electrons. The number of aromatic nitrogens is 1. The molecule has 0 aliphatic heterocycles. The highest BCUT2D eigenvalue weighted by atomic mass is 16.5. The van der Waals surface area contributed by atoms with Crippen LogP contribution in [0.25, 0.3) is 0 Å². The summed E-state index contributed by atoms with van der Waals surface area (Å²) < 4.78 is 5.13. The molecule has 5 heteroatoms. The molecule has 0 bridgehead atoms. The fraction of sp³-hybridized carbons (Fsp3) is 0.714. The Morgan fingerprint density at radius 3 is 2.79 bits per heavy atom. The van der Waals surface area contributed by atoms with Crippen molar-refractivity contribution in [1.29, 1.82) is 0 Å². The van der Waals surface area contributed by atoms with E-state index >= 15 is 0 Å². The molecule has 2 atom stereocenters. The van der Waals surface area contributed by atoms with E-state index in [2.05, 4.69) is 5.16 Å². The van der Waals surface area contributed by atoms with Crippen molar-refractivity contribution < 1.29 is 9.32 Å². The fourth-order valence-electron chi connectivity index (χ4n) is 2.81. The zero-order valence-electron chi connectivity index (χ0n) is 12.0. The molecule has 1 amide bonds. The fourth-order valence-corrected chi connectivity index (χ4v) is 2.81. The second-order valence-corrected chi connectivity index (χ2v) is 5.62. The van der Waals surface area contributed by atoms with Crippen LogP contribution in [0.4, 0.5) is 0 Å². The average Bonchev–Trinajstić information content (AvgIpc) is 2.69. The van der Waals surface area contributed by atoms with E-state index in [4.69, 9.17) is 10.3 Å². The smallest absolute Gasteiger partial charge is 0.225 e. The van der Waals surface area contributed by atoms with Crippen LogP contribution in [-0.4, -0.2) is 29.1 Å². The third kappa shape index (κ3) is 3.15. The monoisotopic (exact) mass is 265 g/mol. The van der Waals surface area contributed by atoms with Gasteiger partial charge in [-0.15, -0.1) is 0 Å². The number of rotatable bonds is 3. The van der Waals surface area contributed by atoms with Crippen LogP contribution in [0, 0.1) is 19.8 Å². The van der Waals surface area contributed by atoms with Crippen molar-refractivity contribution in [3.63, 3.8) is 0 Å². The Morgan fingerprint density at radius 1 is 1.47 bits per heavy atom. The van der Waals surface area contributed by atoms with Crippen molar-refractivity contribution in [1.82, 2.24) is 10.1 Å². The van der Waals surface area contributed by atoms with Crippen molar-refractivity contribution in [3.05, 3.63) is 17.0 Å². The van der Waals surface area contributed by atoms with Crippen molar-refractivity contribution in [2.75, 3.05) is 7.05 Å². The minimum atomic E-state index is 0.0780. The predicted octanol–water partition coefficient (Wildman–Crippen LogP) is 1.77. The molecule has 0 spiro atoms. The number of nitrogens with zero attached hydrogens (tertiary/aromatic N) is 2. The maximum Gasteiger partial charge on any atom is 0.225 e. The highest BCUT2D eigenvalue weighted by Gasteiger charge is 2.28. The van der Waals surface area contributed by atoms with Gasteiger partial charge in [0, 0.05) is 24.6 Å². The average molecular weight is 265 g/mol. The first-order valence-corrected chi connectivity index (χ1v) is 6.91. The maximum absolute atomic E-state index is 12.4. The maximum atomic E-state index is 12.4. The van der Waals surface area contributed by atoms with Gasteiger partial charge in [-0.3, -0.25) is 4.79 Å². The molecule has 2 N–H and O–H groups in total. The quantitative estimate of drug-likeness (QED) is 0.904. The number of hydrogen-bond donors (Lipinski definition) is 1. The van der Waals surface area contributed by atoms with Gasteiger partial charge in [0.15, 0.2) is 0 Å². The van der Waals surface area contributed by atoms with E-state index in [-0.39, 0.29) is 17.9 Å². The molecular weight excluding hydrogens is 242 g/mol. The molecule has 2 unspecified atom stereocenters. The number of hydrogen-bond acceptors (Lipinski definition) is 4. The molecule has 1 aromatic heterocycles. The predicted molar refractivity (Wildman–Crippen MR) is 72.4 cm³/mol. The SMILES string of the molecule is Cc1noc(C)c1CN(C)C(=O)C1CCCC(N)C1. The van der Waals surface area contributed by atoms with E-state index < -0.39 is 0 Å². The largest absolute Gasteiger partial charge is 0.361 e. The minimum Gasteiger partial charge on any atom is -0.361 e. The summed E-state index contributed by atoms with van der Waals surface area (Å²) in [6, 6.07) is 0.176. The van der Waals surface area contributed by atoms with Crippen molar-refractivity contribution >= 4 is 5.91 Å². The van der Waals surface area contributed by atoms with Crippen LogP contribution in [0.15, 0.2) is 4.52 Å². The standard InChI is InChI=1S/C14H23N3O2/c1-9-13(10(2)19-16-9)8-17(3)14(18)11-5-4-6-12(15)7-11/h11-12H,4-8,15H2,1-3H3. The van der Waals surface area contributed by atoms with Gasteiger partial charge in [0.2, 0.25) is 5.91 Å². The number of carbonyl (C=O) groups excluding carboxylic acids is 1. The first-order valence-electron chi connectivity index (χ1n) is 6.91. The first-order chi connectivity index (χ1) is 8.99. The summed E-state index contributed by atoms with van der Waals surface area (Å²) in [7, 11) is 1.84. The molecule has 1 fully saturated rings. The van der Waals surface area contributed by atoms with E-state index in [0.29, 0.717) is 6.54 Å². The molecule has 1 aliphatic rings. The number of amides is 1. The molecule has 5 nitrogen and oxygen atoms in total. The summed E-state index contributed by atoms with van der Waals surface area (Å²) >= 11 is 0. The van der Waals surface area contributed by atoms with Gasteiger partial charge in [-0.25, -0.2) is 0 Å². The van der Waals surface area contributed by atoms with Crippen LogP contribution in [0.1, 0.15) is 42.7 Å². The third-order valence-corrected chi connectivity index (χ3v) is 4.02. The Bertz CT molecular complexity index is 436. The van der Waals surface area contributed by atoms with Crippen LogP contribution in [0.2, 0.25) is 0 Å². The van der Waals surface area contributed by atoms with Gasteiger partial charge in [0.1, 0.15) is 5.76 Å². The third-order valence-electron chi connectivity index (χ3n) is 4.02. The zero-order valence-corrected chi connectivity index (χ0v) is 12.0. The molecule has 0 saturated heterocycles. The molecule has 106 valence electrons. The molecule has 1 aromatic rings. The number of nitrogens with two attached hydrogens (primary N) is 1. The van der Waals surface area contributed by atoms with Crippen LogP contribution in [-0.2, 0) is 11.3 Å². The second kappa shape index (κ2) is 5.74. The Labute approximate surface area is 114 Å². The van der Waals surface area contributed by atoms with Gasteiger partial charge in [-0.1, -0.05) is 11.6 Å². The Kier molecular flexibility index (Phi) is 4.24. The van der Waals surface area contributed by atoms with Crippen LogP contribution < -0.4 is 5.73 Å². The van der Waals surface area contributed by atoms with Crippen LogP contribution >= 0.6 is 0 Å².